The number of halogens is 1. The first-order valence-electron chi connectivity index (χ1n) is 8.89. The number of piperidine rings is 1. The zero-order valence-corrected chi connectivity index (χ0v) is 15.0. The molecule has 1 aromatic carbocycles. The highest BCUT2D eigenvalue weighted by Crippen LogP contribution is 2.28. The molecule has 2 fully saturated rings. The third-order valence-electron chi connectivity index (χ3n) is 4.83. The van der Waals surface area contributed by atoms with Crippen LogP contribution in [0.4, 0.5) is 0 Å². The number of hydrogen-bond acceptors (Lipinski definition) is 4. The predicted molar refractivity (Wildman–Crippen MR) is 96.4 cm³/mol. The molecule has 5 heteroatoms. The van der Waals surface area contributed by atoms with Crippen molar-refractivity contribution >= 4 is 18.4 Å². The molecule has 2 saturated heterocycles. The van der Waals surface area contributed by atoms with Gasteiger partial charge in [0.25, 0.3) is 0 Å². The summed E-state index contributed by atoms with van der Waals surface area (Å²) in [6.45, 7) is 3.33. The van der Waals surface area contributed by atoms with Gasteiger partial charge >= 0.3 is 5.97 Å². The monoisotopic (exact) mass is 353 g/mol. The van der Waals surface area contributed by atoms with E-state index in [0.29, 0.717) is 13.0 Å². The fourth-order valence-corrected chi connectivity index (χ4v) is 3.54. The number of carbonyl (C=O) groups excluding carboxylic acids is 1. The first-order chi connectivity index (χ1) is 11.3. The van der Waals surface area contributed by atoms with Crippen LogP contribution in [-0.4, -0.2) is 43.3 Å². The lowest BCUT2D eigenvalue weighted by Crippen LogP contribution is -2.35. The Morgan fingerprint density at radius 2 is 1.92 bits per heavy atom. The number of ether oxygens (including phenoxy) is 2. The van der Waals surface area contributed by atoms with Crippen LogP contribution in [0.15, 0.2) is 30.3 Å². The average Bonchev–Trinajstić information content (AvgIpc) is 3.13. The van der Waals surface area contributed by atoms with E-state index in [2.05, 4.69) is 17.0 Å². The fourth-order valence-electron chi connectivity index (χ4n) is 3.54. The molecule has 0 N–H and O–H groups in total. The van der Waals surface area contributed by atoms with Gasteiger partial charge in [-0.25, -0.2) is 0 Å². The van der Waals surface area contributed by atoms with Crippen molar-refractivity contribution < 1.29 is 14.3 Å². The summed E-state index contributed by atoms with van der Waals surface area (Å²) in [5, 5.41) is 0. The van der Waals surface area contributed by atoms with Crippen LogP contribution in [0.25, 0.3) is 0 Å². The van der Waals surface area contributed by atoms with E-state index in [1.54, 1.807) is 0 Å². The van der Waals surface area contributed by atoms with Gasteiger partial charge in [0.2, 0.25) is 0 Å². The lowest BCUT2D eigenvalue weighted by molar-refractivity contribution is -0.148. The Hall–Kier alpha value is -1.10. The fraction of sp³-hybridized carbons (Fsp3) is 0.632. The van der Waals surface area contributed by atoms with Gasteiger partial charge in [0.15, 0.2) is 0 Å². The Bertz CT molecular complexity index is 485. The van der Waals surface area contributed by atoms with Crippen LogP contribution in [-0.2, 0) is 14.3 Å². The van der Waals surface area contributed by atoms with Crippen LogP contribution in [0.3, 0.4) is 0 Å². The van der Waals surface area contributed by atoms with Crippen LogP contribution < -0.4 is 0 Å². The van der Waals surface area contributed by atoms with E-state index in [4.69, 9.17) is 9.47 Å². The Labute approximate surface area is 150 Å². The highest BCUT2D eigenvalue weighted by molar-refractivity contribution is 5.85. The number of benzene rings is 1. The van der Waals surface area contributed by atoms with Gasteiger partial charge in [-0.3, -0.25) is 9.69 Å². The number of rotatable bonds is 6. The maximum Gasteiger partial charge on any atom is 0.307 e. The normalized spacial score (nSPS) is 22.6. The van der Waals surface area contributed by atoms with Crippen LogP contribution in [0.1, 0.15) is 50.1 Å². The van der Waals surface area contributed by atoms with E-state index >= 15 is 0 Å². The molecule has 4 nitrogen and oxygen atoms in total. The van der Waals surface area contributed by atoms with Crippen molar-refractivity contribution in [1.82, 2.24) is 4.90 Å². The van der Waals surface area contributed by atoms with Gasteiger partial charge in [0.05, 0.1) is 12.5 Å². The average molecular weight is 354 g/mol. The number of hydrogen-bond donors (Lipinski definition) is 0. The molecule has 2 aliphatic heterocycles. The maximum atomic E-state index is 12.3. The summed E-state index contributed by atoms with van der Waals surface area (Å²) in [6.07, 6.45) is 6.33. The van der Waals surface area contributed by atoms with Gasteiger partial charge in [0.1, 0.15) is 6.61 Å². The Morgan fingerprint density at radius 1 is 1.17 bits per heavy atom. The molecule has 24 heavy (non-hydrogen) atoms. The molecular formula is C19H28ClNO3. The molecule has 0 radical (unpaired) electrons. The summed E-state index contributed by atoms with van der Waals surface area (Å²) in [5.74, 6) is -0.111. The Balaban J connectivity index is 0.00000208. The van der Waals surface area contributed by atoms with Crippen LogP contribution in [0.2, 0.25) is 0 Å². The Morgan fingerprint density at radius 3 is 2.58 bits per heavy atom. The summed E-state index contributed by atoms with van der Waals surface area (Å²) in [4.78, 5) is 14.8. The molecule has 0 bridgehead atoms. The summed E-state index contributed by atoms with van der Waals surface area (Å²) < 4.78 is 11.0. The Kier molecular flexibility index (Phi) is 8.03. The van der Waals surface area contributed by atoms with Gasteiger partial charge < -0.3 is 9.47 Å². The van der Waals surface area contributed by atoms with Crippen molar-refractivity contribution in [3.63, 3.8) is 0 Å². The number of likely N-dealkylation sites (tertiary alicyclic amines) is 1. The predicted octanol–water partition coefficient (Wildman–Crippen LogP) is 3.75. The standard InChI is InChI=1S/C19H27NO3.ClH/c21-19(23-15-17-10-7-13-22-17)14-18(16-8-3-1-4-9-16)20-11-5-2-6-12-20;/h1,3-4,8-9,17-18H,2,5-7,10-15H2;1H. The summed E-state index contributed by atoms with van der Waals surface area (Å²) in [7, 11) is 0. The van der Waals surface area contributed by atoms with Crippen molar-refractivity contribution in [2.75, 3.05) is 26.3 Å². The van der Waals surface area contributed by atoms with E-state index < -0.39 is 0 Å². The SMILES string of the molecule is Cl.O=C(CC(c1ccccc1)N1CCCCC1)OCC1CCCO1. The smallest absolute Gasteiger partial charge is 0.307 e. The van der Waals surface area contributed by atoms with Gasteiger partial charge in [-0.2, -0.15) is 0 Å². The number of nitrogens with zero attached hydrogens (tertiary/aromatic N) is 1. The molecule has 2 atom stereocenters. The number of carbonyl (C=O) groups is 1. The van der Waals surface area contributed by atoms with Crippen molar-refractivity contribution in [3.05, 3.63) is 35.9 Å². The van der Waals surface area contributed by atoms with Gasteiger partial charge in [-0.05, 0) is 44.3 Å². The molecule has 0 aromatic heterocycles. The molecule has 0 aliphatic carbocycles. The van der Waals surface area contributed by atoms with Crippen molar-refractivity contribution in [2.24, 2.45) is 0 Å². The first kappa shape index (κ1) is 19.2. The van der Waals surface area contributed by atoms with E-state index in [1.165, 1.54) is 24.8 Å². The molecule has 0 saturated carbocycles. The van der Waals surface area contributed by atoms with E-state index in [9.17, 15) is 4.79 Å². The molecule has 2 unspecified atom stereocenters. The zero-order valence-electron chi connectivity index (χ0n) is 14.2. The van der Waals surface area contributed by atoms with Crippen molar-refractivity contribution in [2.45, 2.75) is 50.7 Å². The van der Waals surface area contributed by atoms with Gasteiger partial charge in [-0.1, -0.05) is 36.8 Å². The highest BCUT2D eigenvalue weighted by atomic mass is 35.5. The maximum absolute atomic E-state index is 12.3. The van der Waals surface area contributed by atoms with Gasteiger partial charge in [-0.15, -0.1) is 12.4 Å². The molecule has 134 valence electrons. The van der Waals surface area contributed by atoms with E-state index in [0.717, 1.165) is 32.5 Å². The minimum absolute atomic E-state index is 0. The lowest BCUT2D eigenvalue weighted by atomic mass is 9.99. The second-order valence-electron chi connectivity index (χ2n) is 6.55. The molecule has 2 aliphatic rings. The molecule has 0 spiro atoms. The first-order valence-corrected chi connectivity index (χ1v) is 8.89. The lowest BCUT2D eigenvalue weighted by Gasteiger charge is -2.34. The van der Waals surface area contributed by atoms with E-state index in [-0.39, 0.29) is 30.5 Å². The third kappa shape index (κ3) is 5.47. The summed E-state index contributed by atoms with van der Waals surface area (Å²) in [5.41, 5.74) is 1.21. The van der Waals surface area contributed by atoms with Gasteiger partial charge in [0, 0.05) is 12.6 Å². The molecular weight excluding hydrogens is 326 g/mol. The topological polar surface area (TPSA) is 38.8 Å². The van der Waals surface area contributed by atoms with Crippen molar-refractivity contribution in [3.8, 4) is 0 Å². The second-order valence-corrected chi connectivity index (χ2v) is 6.55. The van der Waals surface area contributed by atoms with Crippen LogP contribution >= 0.6 is 12.4 Å². The van der Waals surface area contributed by atoms with Crippen LogP contribution in [0, 0.1) is 0 Å². The third-order valence-corrected chi connectivity index (χ3v) is 4.83. The molecule has 1 aromatic rings. The summed E-state index contributed by atoms with van der Waals surface area (Å²) in [6, 6.07) is 10.5. The highest BCUT2D eigenvalue weighted by Gasteiger charge is 2.26. The quantitative estimate of drug-likeness (QED) is 0.730. The zero-order chi connectivity index (χ0) is 15.9. The molecule has 0 amide bonds. The van der Waals surface area contributed by atoms with E-state index in [1.807, 2.05) is 18.2 Å². The largest absolute Gasteiger partial charge is 0.463 e. The number of esters is 1. The van der Waals surface area contributed by atoms with Crippen LogP contribution in [0.5, 0.6) is 0 Å². The second kappa shape index (κ2) is 10.0. The van der Waals surface area contributed by atoms with Crippen molar-refractivity contribution in [1.29, 1.82) is 0 Å². The minimum Gasteiger partial charge on any atom is -0.463 e. The minimum atomic E-state index is -0.111. The summed E-state index contributed by atoms with van der Waals surface area (Å²) >= 11 is 0. The molecule has 3 rings (SSSR count). The molecule has 2 heterocycles.